The Morgan fingerprint density at radius 2 is 1.60 bits per heavy atom. The quantitative estimate of drug-likeness (QED) is 0.151. The molecule has 0 bridgehead atoms. The average molecular weight is 639 g/mol. The van der Waals surface area contributed by atoms with Gasteiger partial charge in [-0.1, -0.05) is 62.6 Å². The van der Waals surface area contributed by atoms with Gasteiger partial charge in [-0.15, -0.1) is 24.8 Å². The van der Waals surface area contributed by atoms with E-state index >= 15 is 0 Å². The number of halogens is 4. The van der Waals surface area contributed by atoms with Gasteiger partial charge in [-0.05, 0) is 86.3 Å². The average Bonchev–Trinajstić information content (AvgIpc) is 2.92. The van der Waals surface area contributed by atoms with Crippen molar-refractivity contribution in [2.24, 2.45) is 0 Å². The van der Waals surface area contributed by atoms with Crippen LogP contribution in [0.3, 0.4) is 0 Å². The van der Waals surface area contributed by atoms with E-state index in [1.807, 2.05) is 31.2 Å². The van der Waals surface area contributed by atoms with Crippen LogP contribution in [-0.4, -0.2) is 48.2 Å². The maximum atomic E-state index is 13.9. The van der Waals surface area contributed by atoms with Crippen LogP contribution >= 0.6 is 24.8 Å². The molecule has 0 saturated carbocycles. The molecule has 5 nitrogen and oxygen atoms in total. The molecule has 3 aromatic rings. The first-order valence-electron chi connectivity index (χ1n) is 14.7. The fourth-order valence-corrected chi connectivity index (χ4v) is 5.09. The molecule has 1 amide bonds. The van der Waals surface area contributed by atoms with Crippen molar-refractivity contribution in [3.8, 4) is 0 Å². The molecule has 0 aliphatic carbocycles. The Morgan fingerprint density at radius 1 is 0.907 bits per heavy atom. The normalized spacial score (nSPS) is 12.3. The van der Waals surface area contributed by atoms with Gasteiger partial charge in [0.2, 0.25) is 0 Å². The highest BCUT2D eigenvalue weighted by Crippen LogP contribution is 2.16. The lowest BCUT2D eigenvalue weighted by atomic mass is 9.99. The Bertz CT molecular complexity index is 1260. The minimum absolute atomic E-state index is 0. The highest BCUT2D eigenvalue weighted by Gasteiger charge is 2.23. The number of carbonyl (C=O) groups excluding carboxylic acids is 1. The topological polar surface area (TPSA) is 64.6 Å². The Hall–Kier alpha value is -2.55. The molecule has 0 aliphatic heterocycles. The van der Waals surface area contributed by atoms with Gasteiger partial charge in [0.15, 0.2) is 0 Å². The standard InChI is InChI=1S/C34H45F2N3O2.2ClH/c1-5-7-8-12-39(4)23-28-13-24(3)14-29(16-28)34(41)38-32(19-27-17-30(35)20-31(36)18-27)33(40)22-37-21-26-11-9-10-25(6-2)15-26;;/h9-11,13-18,20,32-33,37,40H,5-8,12,19,21-23H2,1-4H3,(H,38,41);2*1H. The van der Waals surface area contributed by atoms with Gasteiger partial charge in [0, 0.05) is 31.3 Å². The van der Waals surface area contributed by atoms with E-state index in [1.54, 1.807) is 0 Å². The summed E-state index contributed by atoms with van der Waals surface area (Å²) in [4.78, 5) is 15.7. The molecule has 0 aliphatic rings. The number of benzene rings is 3. The van der Waals surface area contributed by atoms with Crippen molar-refractivity contribution in [1.29, 1.82) is 0 Å². The Kier molecular flexibility index (Phi) is 17.6. The summed E-state index contributed by atoms with van der Waals surface area (Å²) in [6, 6.07) is 16.5. The third-order valence-corrected chi connectivity index (χ3v) is 7.24. The maximum Gasteiger partial charge on any atom is 0.251 e. The van der Waals surface area contributed by atoms with Crippen molar-refractivity contribution in [3.63, 3.8) is 0 Å². The number of aliphatic hydroxyl groups is 1. The second-order valence-corrected chi connectivity index (χ2v) is 11.1. The van der Waals surface area contributed by atoms with Crippen LogP contribution in [0.5, 0.6) is 0 Å². The van der Waals surface area contributed by atoms with Crippen LogP contribution in [0, 0.1) is 18.6 Å². The molecule has 3 rings (SSSR count). The zero-order valence-corrected chi connectivity index (χ0v) is 27.3. The van der Waals surface area contributed by atoms with Crippen LogP contribution in [0.4, 0.5) is 8.78 Å². The molecule has 0 fully saturated rings. The fraction of sp³-hybridized carbons (Fsp3) is 0.441. The van der Waals surface area contributed by atoms with Gasteiger partial charge in [-0.25, -0.2) is 8.78 Å². The van der Waals surface area contributed by atoms with Crippen LogP contribution in [0.25, 0.3) is 0 Å². The Labute approximate surface area is 268 Å². The molecule has 0 heterocycles. The third-order valence-electron chi connectivity index (χ3n) is 7.24. The highest BCUT2D eigenvalue weighted by molar-refractivity contribution is 5.94. The summed E-state index contributed by atoms with van der Waals surface area (Å²) in [5, 5.41) is 17.4. The van der Waals surface area contributed by atoms with Crippen molar-refractivity contribution in [3.05, 3.63) is 106 Å². The van der Waals surface area contributed by atoms with Crippen LogP contribution in [0.1, 0.15) is 71.3 Å². The van der Waals surface area contributed by atoms with Crippen molar-refractivity contribution in [1.82, 2.24) is 15.5 Å². The van der Waals surface area contributed by atoms with Gasteiger partial charge in [-0.3, -0.25) is 4.79 Å². The molecule has 43 heavy (non-hydrogen) atoms. The van der Waals surface area contributed by atoms with Gasteiger partial charge in [0.25, 0.3) is 5.91 Å². The van der Waals surface area contributed by atoms with Gasteiger partial charge < -0.3 is 20.6 Å². The van der Waals surface area contributed by atoms with Crippen LogP contribution < -0.4 is 10.6 Å². The minimum Gasteiger partial charge on any atom is -0.390 e. The number of carbonyl (C=O) groups is 1. The lowest BCUT2D eigenvalue weighted by Gasteiger charge is -2.25. The number of nitrogens with one attached hydrogen (secondary N) is 2. The van der Waals surface area contributed by atoms with E-state index in [4.69, 9.17) is 0 Å². The lowest BCUT2D eigenvalue weighted by Crippen LogP contribution is -2.48. The summed E-state index contributed by atoms with van der Waals surface area (Å²) in [6.45, 7) is 8.69. The molecule has 0 aromatic heterocycles. The van der Waals surface area contributed by atoms with Crippen molar-refractivity contribution in [2.75, 3.05) is 20.1 Å². The zero-order chi connectivity index (χ0) is 29.8. The number of hydrogen-bond acceptors (Lipinski definition) is 4. The van der Waals surface area contributed by atoms with E-state index < -0.39 is 23.8 Å². The lowest BCUT2D eigenvalue weighted by molar-refractivity contribution is 0.0829. The first kappa shape index (κ1) is 38.5. The van der Waals surface area contributed by atoms with Gasteiger partial charge in [0.05, 0.1) is 12.1 Å². The number of unbranched alkanes of at least 4 members (excludes halogenated alkanes) is 2. The predicted octanol–water partition coefficient (Wildman–Crippen LogP) is 6.79. The summed E-state index contributed by atoms with van der Waals surface area (Å²) in [7, 11) is 2.08. The third kappa shape index (κ3) is 13.3. The molecule has 9 heteroatoms. The van der Waals surface area contributed by atoms with Crippen molar-refractivity contribution >= 4 is 30.7 Å². The molecule has 3 aromatic carbocycles. The molecule has 0 saturated heterocycles. The molecule has 0 spiro atoms. The monoisotopic (exact) mass is 637 g/mol. The Balaban J connectivity index is 0.00000462. The zero-order valence-electron chi connectivity index (χ0n) is 25.7. The number of aryl methyl sites for hydroxylation is 2. The van der Waals surface area contributed by atoms with Gasteiger partial charge >= 0.3 is 0 Å². The van der Waals surface area contributed by atoms with E-state index in [2.05, 4.69) is 54.6 Å². The fourth-order valence-electron chi connectivity index (χ4n) is 5.09. The molecular formula is C34H47Cl2F2N3O2. The molecular weight excluding hydrogens is 591 g/mol. The molecule has 2 atom stereocenters. The van der Waals surface area contributed by atoms with E-state index in [0.29, 0.717) is 17.7 Å². The second-order valence-electron chi connectivity index (χ2n) is 11.1. The minimum atomic E-state index is -0.992. The van der Waals surface area contributed by atoms with E-state index in [-0.39, 0.29) is 43.7 Å². The smallest absolute Gasteiger partial charge is 0.251 e. The van der Waals surface area contributed by atoms with E-state index in [9.17, 15) is 18.7 Å². The predicted molar refractivity (Wildman–Crippen MR) is 176 cm³/mol. The number of aliphatic hydroxyl groups excluding tert-OH is 1. The van der Waals surface area contributed by atoms with Crippen LogP contribution in [0.15, 0.2) is 60.7 Å². The summed E-state index contributed by atoms with van der Waals surface area (Å²) in [5.41, 5.74) is 5.18. The summed E-state index contributed by atoms with van der Waals surface area (Å²) < 4.78 is 27.9. The van der Waals surface area contributed by atoms with Crippen molar-refractivity contribution in [2.45, 2.75) is 78.1 Å². The number of rotatable bonds is 16. The number of hydrogen-bond donors (Lipinski definition) is 3. The number of nitrogens with zero attached hydrogens (tertiary/aromatic N) is 1. The maximum absolute atomic E-state index is 13.9. The van der Waals surface area contributed by atoms with Crippen LogP contribution in [-0.2, 0) is 25.9 Å². The van der Waals surface area contributed by atoms with Gasteiger partial charge in [0.1, 0.15) is 11.6 Å². The molecule has 3 N–H and O–H groups in total. The highest BCUT2D eigenvalue weighted by atomic mass is 35.5. The molecule has 2 unspecified atom stereocenters. The van der Waals surface area contributed by atoms with Gasteiger partial charge in [-0.2, -0.15) is 0 Å². The molecule has 0 radical (unpaired) electrons. The van der Waals surface area contributed by atoms with E-state index in [0.717, 1.165) is 48.7 Å². The molecule has 238 valence electrons. The van der Waals surface area contributed by atoms with Crippen LogP contribution in [0.2, 0.25) is 0 Å². The first-order chi connectivity index (χ1) is 19.7. The summed E-state index contributed by atoms with van der Waals surface area (Å²) >= 11 is 0. The van der Waals surface area contributed by atoms with Crippen molar-refractivity contribution < 1.29 is 18.7 Å². The first-order valence-corrected chi connectivity index (χ1v) is 14.7. The Morgan fingerprint density at radius 3 is 2.28 bits per heavy atom. The second kappa shape index (κ2) is 19.7. The summed E-state index contributed by atoms with van der Waals surface area (Å²) in [5.74, 6) is -1.72. The van der Waals surface area contributed by atoms with E-state index in [1.165, 1.54) is 30.5 Å². The SMILES string of the molecule is CCCCCN(C)Cc1cc(C)cc(C(=O)NC(Cc2cc(F)cc(F)c2)C(O)CNCc2cccc(CC)c2)c1.Cl.Cl. The largest absolute Gasteiger partial charge is 0.390 e. The summed E-state index contributed by atoms with van der Waals surface area (Å²) in [6.07, 6.45) is 3.50. The number of amides is 1.